The first-order chi connectivity index (χ1) is 16.6. The van der Waals surface area contributed by atoms with Crippen molar-refractivity contribution < 1.29 is 14.3 Å². The maximum Gasteiger partial charge on any atom is 0.330 e. The molecule has 2 aromatic carbocycles. The first-order valence-electron chi connectivity index (χ1n) is 13.2. The van der Waals surface area contributed by atoms with Gasteiger partial charge in [-0.15, -0.1) is 0 Å². The number of hydrogen-bond donors (Lipinski definition) is 0. The van der Waals surface area contributed by atoms with Gasteiger partial charge in [0.05, 0.1) is 13.2 Å². The van der Waals surface area contributed by atoms with Gasteiger partial charge >= 0.3 is 5.97 Å². The zero-order valence-corrected chi connectivity index (χ0v) is 21.2. The van der Waals surface area contributed by atoms with Gasteiger partial charge in [0.1, 0.15) is 5.75 Å². The van der Waals surface area contributed by atoms with Crippen molar-refractivity contribution in [3.8, 4) is 5.75 Å². The van der Waals surface area contributed by atoms with Gasteiger partial charge < -0.3 is 9.47 Å². The molecule has 0 unspecified atom stereocenters. The molecular weight excluding hydrogens is 420 g/mol. The lowest BCUT2D eigenvalue weighted by Gasteiger charge is -2.30. The van der Waals surface area contributed by atoms with Gasteiger partial charge in [-0.2, -0.15) is 0 Å². The molecule has 0 saturated heterocycles. The number of carbonyl (C=O) groups excluding carboxylic acids is 1. The van der Waals surface area contributed by atoms with Crippen LogP contribution in [0.3, 0.4) is 0 Å². The summed E-state index contributed by atoms with van der Waals surface area (Å²) in [5.41, 5.74) is 5.84. The number of unbranched alkanes of at least 4 members (excludes halogenated alkanes) is 3. The van der Waals surface area contributed by atoms with E-state index < -0.39 is 0 Å². The van der Waals surface area contributed by atoms with Crippen LogP contribution in [0.15, 0.2) is 55.1 Å². The Morgan fingerprint density at radius 2 is 1.62 bits per heavy atom. The first kappa shape index (κ1) is 26.1. The predicted molar refractivity (Wildman–Crippen MR) is 141 cm³/mol. The van der Waals surface area contributed by atoms with Gasteiger partial charge in [-0.05, 0) is 111 Å². The number of aryl methyl sites for hydroxylation is 2. The lowest BCUT2D eigenvalue weighted by atomic mass is 9.75. The monoisotopic (exact) mass is 462 g/mol. The smallest absolute Gasteiger partial charge is 0.330 e. The van der Waals surface area contributed by atoms with Crippen LogP contribution >= 0.6 is 0 Å². The molecule has 2 aromatic rings. The molecule has 1 fully saturated rings. The van der Waals surface area contributed by atoms with Crippen LogP contribution in [0.5, 0.6) is 5.75 Å². The van der Waals surface area contributed by atoms with E-state index in [-0.39, 0.29) is 5.97 Å². The molecule has 184 valence electrons. The molecule has 0 N–H and O–H groups in total. The molecule has 0 bridgehead atoms. The molecule has 3 nitrogen and oxygen atoms in total. The molecule has 1 aliphatic rings. The third-order valence-corrected chi connectivity index (χ3v) is 7.12. The van der Waals surface area contributed by atoms with E-state index in [0.29, 0.717) is 18.4 Å². The fourth-order valence-corrected chi connectivity index (χ4v) is 5.16. The second kappa shape index (κ2) is 14.0. The van der Waals surface area contributed by atoms with Crippen LogP contribution in [0.25, 0.3) is 0 Å². The van der Waals surface area contributed by atoms with Crippen LogP contribution in [0.1, 0.15) is 98.8 Å². The summed E-state index contributed by atoms with van der Waals surface area (Å²) in [5.74, 6) is 2.01. The second-order valence-corrected chi connectivity index (χ2v) is 9.69. The number of esters is 1. The minimum Gasteiger partial charge on any atom is -0.494 e. The zero-order chi connectivity index (χ0) is 24.2. The summed E-state index contributed by atoms with van der Waals surface area (Å²) in [5, 5.41) is 0. The van der Waals surface area contributed by atoms with E-state index in [4.69, 9.17) is 9.47 Å². The highest BCUT2D eigenvalue weighted by Crippen LogP contribution is 2.41. The number of benzene rings is 2. The molecular formula is C31H42O3. The van der Waals surface area contributed by atoms with E-state index in [1.807, 2.05) is 0 Å². The maximum atomic E-state index is 11.0. The Morgan fingerprint density at radius 3 is 2.26 bits per heavy atom. The molecule has 0 radical (unpaired) electrons. The van der Waals surface area contributed by atoms with Crippen molar-refractivity contribution in [2.75, 3.05) is 13.2 Å². The minimum absolute atomic E-state index is 0.340. The fraction of sp³-hybridized carbons (Fsp3) is 0.516. The van der Waals surface area contributed by atoms with Crippen molar-refractivity contribution in [2.45, 2.75) is 89.9 Å². The van der Waals surface area contributed by atoms with E-state index in [2.05, 4.69) is 62.9 Å². The molecule has 1 saturated carbocycles. The molecule has 0 heterocycles. The van der Waals surface area contributed by atoms with Gasteiger partial charge in [0.25, 0.3) is 0 Å². The van der Waals surface area contributed by atoms with Crippen molar-refractivity contribution in [1.82, 2.24) is 0 Å². The van der Waals surface area contributed by atoms with Gasteiger partial charge in [0, 0.05) is 6.08 Å². The SMILES string of the molecule is C=CC(=O)OCCCCCCOc1ccc(C2CCC(c3ccc(CCC)cc3)CC2)c(C)c1. The van der Waals surface area contributed by atoms with Gasteiger partial charge in [-0.1, -0.05) is 50.3 Å². The van der Waals surface area contributed by atoms with E-state index in [0.717, 1.165) is 38.0 Å². The molecule has 1 aliphatic carbocycles. The highest BCUT2D eigenvalue weighted by atomic mass is 16.5. The van der Waals surface area contributed by atoms with Crippen LogP contribution < -0.4 is 4.74 Å². The summed E-state index contributed by atoms with van der Waals surface area (Å²) in [6, 6.07) is 16.0. The summed E-state index contributed by atoms with van der Waals surface area (Å²) >= 11 is 0. The Kier molecular flexibility index (Phi) is 10.7. The average Bonchev–Trinajstić information content (AvgIpc) is 2.86. The Labute approximate surface area is 206 Å². The average molecular weight is 463 g/mol. The number of ether oxygens (including phenoxy) is 2. The largest absolute Gasteiger partial charge is 0.494 e. The molecule has 0 aromatic heterocycles. The van der Waals surface area contributed by atoms with Gasteiger partial charge in [-0.3, -0.25) is 0 Å². The summed E-state index contributed by atoms with van der Waals surface area (Å²) < 4.78 is 11.0. The topological polar surface area (TPSA) is 35.5 Å². The third-order valence-electron chi connectivity index (χ3n) is 7.12. The summed E-state index contributed by atoms with van der Waals surface area (Å²) in [7, 11) is 0. The van der Waals surface area contributed by atoms with E-state index >= 15 is 0 Å². The lowest BCUT2D eigenvalue weighted by molar-refractivity contribution is -0.137. The van der Waals surface area contributed by atoms with Gasteiger partial charge in [0.2, 0.25) is 0 Å². The van der Waals surface area contributed by atoms with Crippen LogP contribution in [-0.4, -0.2) is 19.2 Å². The Balaban J connectivity index is 1.38. The van der Waals surface area contributed by atoms with Crippen LogP contribution in [0, 0.1) is 6.92 Å². The van der Waals surface area contributed by atoms with Crippen molar-refractivity contribution in [1.29, 1.82) is 0 Å². The van der Waals surface area contributed by atoms with Gasteiger partial charge in [-0.25, -0.2) is 4.79 Å². The Morgan fingerprint density at radius 1 is 0.941 bits per heavy atom. The van der Waals surface area contributed by atoms with E-state index in [9.17, 15) is 4.79 Å². The molecule has 3 heteroatoms. The molecule has 0 atom stereocenters. The maximum absolute atomic E-state index is 11.0. The van der Waals surface area contributed by atoms with E-state index in [1.165, 1.54) is 66.9 Å². The van der Waals surface area contributed by atoms with Crippen molar-refractivity contribution in [3.63, 3.8) is 0 Å². The number of rotatable bonds is 13. The normalized spacial score (nSPS) is 17.8. The van der Waals surface area contributed by atoms with Crippen molar-refractivity contribution in [2.24, 2.45) is 0 Å². The van der Waals surface area contributed by atoms with Crippen LogP contribution in [0.4, 0.5) is 0 Å². The summed E-state index contributed by atoms with van der Waals surface area (Å²) in [6.45, 7) is 9.07. The van der Waals surface area contributed by atoms with Gasteiger partial charge in [0.15, 0.2) is 0 Å². The third kappa shape index (κ3) is 8.04. The molecule has 3 rings (SSSR count). The first-order valence-corrected chi connectivity index (χ1v) is 13.2. The predicted octanol–water partition coefficient (Wildman–Crippen LogP) is 8.06. The van der Waals surface area contributed by atoms with Crippen molar-refractivity contribution >= 4 is 5.97 Å². The molecule has 0 aliphatic heterocycles. The molecule has 0 amide bonds. The number of hydrogen-bond acceptors (Lipinski definition) is 3. The lowest BCUT2D eigenvalue weighted by Crippen LogP contribution is -2.13. The molecule has 0 spiro atoms. The minimum atomic E-state index is -0.340. The quantitative estimate of drug-likeness (QED) is 0.172. The fourth-order valence-electron chi connectivity index (χ4n) is 5.16. The standard InChI is InChI=1S/C31H42O3/c1-4-10-25-11-13-26(14-12-25)27-15-17-28(18-16-27)30-20-19-29(23-24(30)3)33-21-8-6-7-9-22-34-31(32)5-2/h5,11-14,19-20,23,27-28H,2,4,6-10,15-18,21-22H2,1,3H3. The highest BCUT2D eigenvalue weighted by Gasteiger charge is 2.24. The highest BCUT2D eigenvalue weighted by molar-refractivity contribution is 5.81. The summed E-state index contributed by atoms with van der Waals surface area (Å²) in [6.07, 6.45) is 12.7. The summed E-state index contributed by atoms with van der Waals surface area (Å²) in [4.78, 5) is 11.0. The van der Waals surface area contributed by atoms with Crippen LogP contribution in [0.2, 0.25) is 0 Å². The van der Waals surface area contributed by atoms with Crippen molar-refractivity contribution in [3.05, 3.63) is 77.4 Å². The molecule has 34 heavy (non-hydrogen) atoms. The van der Waals surface area contributed by atoms with Crippen LogP contribution in [-0.2, 0) is 16.0 Å². The Bertz CT molecular complexity index is 891. The second-order valence-electron chi connectivity index (χ2n) is 9.69. The Hall–Kier alpha value is -2.55. The number of carbonyl (C=O) groups is 1. The van der Waals surface area contributed by atoms with E-state index in [1.54, 1.807) is 0 Å². The zero-order valence-electron chi connectivity index (χ0n) is 21.2.